The van der Waals surface area contributed by atoms with Gasteiger partial charge in [0.15, 0.2) is 0 Å². The molecule has 1 fully saturated rings. The summed E-state index contributed by atoms with van der Waals surface area (Å²) in [6.07, 6.45) is 0.283. The number of cyclic esters (lactones) is 1. The Kier molecular flexibility index (Phi) is 2.08. The summed E-state index contributed by atoms with van der Waals surface area (Å²) in [6.45, 7) is 3.37. The van der Waals surface area contributed by atoms with Gasteiger partial charge in [-0.1, -0.05) is 6.92 Å². The van der Waals surface area contributed by atoms with Crippen molar-refractivity contribution in [1.29, 1.82) is 0 Å². The summed E-state index contributed by atoms with van der Waals surface area (Å²) in [4.78, 5) is 22.1. The van der Waals surface area contributed by atoms with Crippen LogP contribution in [0.1, 0.15) is 20.3 Å². The first-order valence-corrected chi connectivity index (χ1v) is 3.81. The Morgan fingerprint density at radius 3 is 2.67 bits per heavy atom. The number of ether oxygens (including phenoxy) is 2. The van der Waals surface area contributed by atoms with Crippen molar-refractivity contribution in [3.05, 3.63) is 0 Å². The molecule has 1 saturated heterocycles. The van der Waals surface area contributed by atoms with Gasteiger partial charge >= 0.3 is 11.9 Å². The Morgan fingerprint density at radius 1 is 1.75 bits per heavy atom. The fraction of sp³-hybridized carbons (Fsp3) is 0.750. The van der Waals surface area contributed by atoms with Gasteiger partial charge in [-0.25, -0.2) is 4.79 Å². The van der Waals surface area contributed by atoms with Gasteiger partial charge in [-0.3, -0.25) is 4.79 Å². The SMILES string of the molecule is COC(=O)[C@]1(C)OC(=O)C[C@H]1C. The van der Waals surface area contributed by atoms with E-state index in [0.29, 0.717) is 0 Å². The molecule has 0 bridgehead atoms. The van der Waals surface area contributed by atoms with Crippen LogP contribution >= 0.6 is 0 Å². The summed E-state index contributed by atoms with van der Waals surface area (Å²) < 4.78 is 9.44. The first-order valence-electron chi connectivity index (χ1n) is 3.81. The molecular formula is C8H12O4. The van der Waals surface area contributed by atoms with E-state index in [1.807, 2.05) is 0 Å². The minimum Gasteiger partial charge on any atom is -0.466 e. The lowest BCUT2D eigenvalue weighted by Gasteiger charge is -2.23. The predicted molar refractivity (Wildman–Crippen MR) is 40.3 cm³/mol. The van der Waals surface area contributed by atoms with Crippen LogP contribution in [-0.2, 0) is 19.1 Å². The minimum absolute atomic E-state index is 0.113. The number of hydrogen-bond acceptors (Lipinski definition) is 4. The van der Waals surface area contributed by atoms with Crippen LogP contribution in [0.3, 0.4) is 0 Å². The second kappa shape index (κ2) is 2.77. The van der Waals surface area contributed by atoms with E-state index in [1.54, 1.807) is 13.8 Å². The molecular weight excluding hydrogens is 160 g/mol. The summed E-state index contributed by atoms with van der Waals surface area (Å²) >= 11 is 0. The number of esters is 2. The molecule has 1 rings (SSSR count). The highest BCUT2D eigenvalue weighted by molar-refractivity contribution is 5.86. The highest BCUT2D eigenvalue weighted by Crippen LogP contribution is 2.33. The average Bonchev–Trinajstić information content (AvgIpc) is 2.26. The van der Waals surface area contributed by atoms with Crippen molar-refractivity contribution in [3.63, 3.8) is 0 Å². The third-order valence-corrected chi connectivity index (χ3v) is 2.33. The zero-order chi connectivity index (χ0) is 9.35. The Bertz CT molecular complexity index is 223. The maximum atomic E-state index is 11.2. The van der Waals surface area contributed by atoms with Crippen LogP contribution in [0.5, 0.6) is 0 Å². The molecule has 12 heavy (non-hydrogen) atoms. The highest BCUT2D eigenvalue weighted by atomic mass is 16.6. The average molecular weight is 172 g/mol. The van der Waals surface area contributed by atoms with Gasteiger partial charge in [0.05, 0.1) is 13.5 Å². The quantitative estimate of drug-likeness (QED) is 0.540. The van der Waals surface area contributed by atoms with Gasteiger partial charge in [0.25, 0.3) is 0 Å². The number of carbonyl (C=O) groups excluding carboxylic acids is 2. The Morgan fingerprint density at radius 2 is 2.33 bits per heavy atom. The number of rotatable bonds is 1. The summed E-state index contributed by atoms with van der Waals surface area (Å²) in [5, 5.41) is 0. The van der Waals surface area contributed by atoms with Crippen molar-refractivity contribution in [3.8, 4) is 0 Å². The van der Waals surface area contributed by atoms with Gasteiger partial charge in [-0.05, 0) is 6.92 Å². The number of carbonyl (C=O) groups is 2. The molecule has 0 aromatic heterocycles. The van der Waals surface area contributed by atoms with Gasteiger partial charge in [-0.2, -0.15) is 0 Å². The third kappa shape index (κ3) is 1.17. The van der Waals surface area contributed by atoms with Crippen LogP contribution in [0.25, 0.3) is 0 Å². The van der Waals surface area contributed by atoms with Gasteiger partial charge < -0.3 is 9.47 Å². The minimum atomic E-state index is -1.08. The summed E-state index contributed by atoms with van der Waals surface area (Å²) in [6, 6.07) is 0. The molecule has 1 aliphatic rings. The van der Waals surface area contributed by atoms with Gasteiger partial charge in [0.2, 0.25) is 5.60 Å². The normalized spacial score (nSPS) is 34.6. The zero-order valence-electron chi connectivity index (χ0n) is 7.42. The van der Waals surface area contributed by atoms with Crippen LogP contribution in [0.2, 0.25) is 0 Å². The summed E-state index contributed by atoms with van der Waals surface area (Å²) in [5.74, 6) is -0.936. The predicted octanol–water partition coefficient (Wildman–Crippen LogP) is 0.501. The van der Waals surface area contributed by atoms with Crippen molar-refractivity contribution >= 4 is 11.9 Å². The first-order chi connectivity index (χ1) is 5.50. The molecule has 2 atom stereocenters. The van der Waals surface area contributed by atoms with Gasteiger partial charge in [-0.15, -0.1) is 0 Å². The second-order valence-electron chi connectivity index (χ2n) is 3.18. The van der Waals surface area contributed by atoms with E-state index < -0.39 is 11.6 Å². The Hall–Kier alpha value is -1.06. The van der Waals surface area contributed by atoms with E-state index in [4.69, 9.17) is 4.74 Å². The van der Waals surface area contributed by atoms with Crippen molar-refractivity contribution in [1.82, 2.24) is 0 Å². The van der Waals surface area contributed by atoms with Gasteiger partial charge in [0, 0.05) is 5.92 Å². The fourth-order valence-electron chi connectivity index (χ4n) is 1.27. The molecule has 0 aromatic rings. The Balaban J connectivity index is 2.84. The maximum absolute atomic E-state index is 11.2. The Labute approximate surface area is 70.8 Å². The lowest BCUT2D eigenvalue weighted by atomic mass is 9.91. The monoisotopic (exact) mass is 172 g/mol. The van der Waals surface area contributed by atoms with Crippen molar-refractivity contribution in [2.75, 3.05) is 7.11 Å². The largest absolute Gasteiger partial charge is 0.466 e. The topological polar surface area (TPSA) is 52.6 Å². The smallest absolute Gasteiger partial charge is 0.350 e. The molecule has 0 aromatic carbocycles. The van der Waals surface area contributed by atoms with Crippen LogP contribution in [-0.4, -0.2) is 24.6 Å². The van der Waals surface area contributed by atoms with E-state index in [2.05, 4.69) is 4.74 Å². The highest BCUT2D eigenvalue weighted by Gasteiger charge is 2.49. The van der Waals surface area contributed by atoms with E-state index in [-0.39, 0.29) is 18.3 Å². The fourth-order valence-corrected chi connectivity index (χ4v) is 1.27. The van der Waals surface area contributed by atoms with E-state index in [9.17, 15) is 9.59 Å². The van der Waals surface area contributed by atoms with Crippen molar-refractivity contribution in [2.45, 2.75) is 25.9 Å². The standard InChI is InChI=1S/C8H12O4/c1-5-4-6(9)12-8(5,2)7(10)11-3/h5H,4H2,1-3H3/t5-,8-/m1/s1. The molecule has 0 aliphatic carbocycles. The number of hydrogen-bond donors (Lipinski definition) is 0. The summed E-state index contributed by atoms with van der Waals surface area (Å²) in [5.41, 5.74) is -1.08. The molecule has 0 unspecified atom stereocenters. The molecule has 1 heterocycles. The van der Waals surface area contributed by atoms with E-state index in [0.717, 1.165) is 0 Å². The lowest BCUT2D eigenvalue weighted by molar-refractivity contribution is -0.172. The van der Waals surface area contributed by atoms with E-state index in [1.165, 1.54) is 7.11 Å². The first kappa shape index (κ1) is 9.03. The molecule has 1 aliphatic heterocycles. The maximum Gasteiger partial charge on any atom is 0.350 e. The zero-order valence-corrected chi connectivity index (χ0v) is 7.42. The third-order valence-electron chi connectivity index (χ3n) is 2.33. The van der Waals surface area contributed by atoms with Crippen LogP contribution in [0.15, 0.2) is 0 Å². The molecule has 68 valence electrons. The lowest BCUT2D eigenvalue weighted by Crippen LogP contribution is -2.40. The molecule has 4 heteroatoms. The molecule has 0 radical (unpaired) electrons. The van der Waals surface area contributed by atoms with Crippen molar-refractivity contribution in [2.24, 2.45) is 5.92 Å². The van der Waals surface area contributed by atoms with Crippen LogP contribution in [0.4, 0.5) is 0 Å². The van der Waals surface area contributed by atoms with Crippen LogP contribution in [0, 0.1) is 5.92 Å². The van der Waals surface area contributed by atoms with Gasteiger partial charge in [0.1, 0.15) is 0 Å². The molecule has 0 saturated carbocycles. The molecule has 0 N–H and O–H groups in total. The molecule has 4 nitrogen and oxygen atoms in total. The number of methoxy groups -OCH3 is 1. The van der Waals surface area contributed by atoms with E-state index >= 15 is 0 Å². The molecule has 0 amide bonds. The van der Waals surface area contributed by atoms with Crippen molar-refractivity contribution < 1.29 is 19.1 Å². The summed E-state index contributed by atoms with van der Waals surface area (Å²) in [7, 11) is 1.28. The van der Waals surface area contributed by atoms with Crippen LogP contribution < -0.4 is 0 Å². The second-order valence-corrected chi connectivity index (χ2v) is 3.18. The molecule has 0 spiro atoms.